The van der Waals surface area contributed by atoms with Gasteiger partial charge in [-0.15, -0.1) is 0 Å². The Morgan fingerprint density at radius 3 is 2.15 bits per heavy atom. The van der Waals surface area contributed by atoms with Crippen LogP contribution in [-0.2, 0) is 26.2 Å². The number of benzene rings is 3. The van der Waals surface area contributed by atoms with E-state index < -0.39 is 28.5 Å². The van der Waals surface area contributed by atoms with Crippen molar-refractivity contribution in [2.45, 2.75) is 50.7 Å². The van der Waals surface area contributed by atoms with Gasteiger partial charge in [0.15, 0.2) is 0 Å². The minimum absolute atomic E-state index is 0.0233. The van der Waals surface area contributed by atoms with E-state index in [1.807, 2.05) is 13.8 Å². The molecule has 0 unspecified atom stereocenters. The zero-order chi connectivity index (χ0) is 28.6. The summed E-state index contributed by atoms with van der Waals surface area (Å²) in [5, 5.41) is 3.35. The van der Waals surface area contributed by atoms with E-state index in [1.54, 1.807) is 73.7 Å². The summed E-state index contributed by atoms with van der Waals surface area (Å²) >= 11 is 6.39. The number of hydrogen-bond donors (Lipinski definition) is 1. The van der Waals surface area contributed by atoms with Gasteiger partial charge < -0.3 is 15.0 Å². The van der Waals surface area contributed by atoms with Gasteiger partial charge in [-0.3, -0.25) is 13.9 Å². The lowest BCUT2D eigenvalue weighted by atomic mass is 10.1. The van der Waals surface area contributed by atoms with E-state index in [0.29, 0.717) is 16.3 Å². The topological polar surface area (TPSA) is 96.0 Å². The Morgan fingerprint density at radius 1 is 0.949 bits per heavy atom. The van der Waals surface area contributed by atoms with Crippen LogP contribution in [0.4, 0.5) is 5.69 Å². The SMILES string of the molecule is CC[C@H](C)NC(=O)[C@H](C)N(Cc1ccccc1Cl)C(=O)CN(c1ccc(OC)cc1)S(=O)(=O)c1ccccc1. The number of carbonyl (C=O) groups excluding carboxylic acids is 2. The van der Waals surface area contributed by atoms with Gasteiger partial charge in [-0.2, -0.15) is 0 Å². The molecular weight excluding hydrogens is 538 g/mol. The third-order valence-corrected chi connectivity index (χ3v) is 8.59. The lowest BCUT2D eigenvalue weighted by molar-refractivity contribution is -0.139. The summed E-state index contributed by atoms with van der Waals surface area (Å²) in [7, 11) is -2.62. The van der Waals surface area contributed by atoms with Gasteiger partial charge in [-0.1, -0.05) is 54.9 Å². The summed E-state index contributed by atoms with van der Waals surface area (Å²) in [6.07, 6.45) is 0.720. The van der Waals surface area contributed by atoms with E-state index in [4.69, 9.17) is 16.3 Å². The van der Waals surface area contributed by atoms with Gasteiger partial charge in [-0.25, -0.2) is 8.42 Å². The van der Waals surface area contributed by atoms with Gasteiger partial charge in [0.1, 0.15) is 18.3 Å². The summed E-state index contributed by atoms with van der Waals surface area (Å²) < 4.78 is 33.8. The standard InChI is InChI=1S/C29H34ClN3O5S/c1-5-21(2)31-29(35)22(3)32(19-23-11-9-10-14-27(23)30)28(34)20-33(24-15-17-25(38-4)18-16-24)39(36,37)26-12-7-6-8-13-26/h6-18,21-22H,5,19-20H2,1-4H3,(H,31,35)/t21-,22-/m0/s1. The molecule has 0 heterocycles. The molecule has 0 saturated heterocycles. The maximum absolute atomic E-state index is 13.9. The Bertz CT molecular complexity index is 1370. The lowest BCUT2D eigenvalue weighted by Gasteiger charge is -2.32. The average Bonchev–Trinajstić information content (AvgIpc) is 2.95. The van der Waals surface area contributed by atoms with Crippen molar-refractivity contribution in [1.82, 2.24) is 10.2 Å². The minimum atomic E-state index is -4.13. The van der Waals surface area contributed by atoms with Crippen LogP contribution in [0, 0.1) is 0 Å². The first kappa shape index (κ1) is 30.0. The number of methoxy groups -OCH3 is 1. The minimum Gasteiger partial charge on any atom is -0.497 e. The van der Waals surface area contributed by atoms with Crippen molar-refractivity contribution in [1.29, 1.82) is 0 Å². The summed E-state index contributed by atoms with van der Waals surface area (Å²) in [5.41, 5.74) is 0.917. The van der Waals surface area contributed by atoms with Crippen LogP contribution < -0.4 is 14.4 Å². The first-order valence-electron chi connectivity index (χ1n) is 12.6. The van der Waals surface area contributed by atoms with Gasteiger partial charge in [-0.05, 0) is 68.3 Å². The highest BCUT2D eigenvalue weighted by Crippen LogP contribution is 2.27. The van der Waals surface area contributed by atoms with Gasteiger partial charge in [0.05, 0.1) is 17.7 Å². The zero-order valence-electron chi connectivity index (χ0n) is 22.5. The number of nitrogens with one attached hydrogen (secondary N) is 1. The molecule has 10 heteroatoms. The molecule has 3 aromatic carbocycles. The maximum Gasteiger partial charge on any atom is 0.264 e. The number of sulfonamides is 1. The highest BCUT2D eigenvalue weighted by molar-refractivity contribution is 7.92. The molecule has 0 radical (unpaired) electrons. The number of rotatable bonds is 12. The second-order valence-corrected chi connectivity index (χ2v) is 11.4. The molecule has 1 N–H and O–H groups in total. The van der Waals surface area contributed by atoms with Crippen molar-refractivity contribution in [3.8, 4) is 5.75 Å². The van der Waals surface area contributed by atoms with Gasteiger partial charge >= 0.3 is 0 Å². The van der Waals surface area contributed by atoms with Crippen molar-refractivity contribution in [2.75, 3.05) is 18.0 Å². The maximum atomic E-state index is 13.9. The number of hydrogen-bond acceptors (Lipinski definition) is 5. The molecule has 208 valence electrons. The molecule has 0 aliphatic rings. The summed E-state index contributed by atoms with van der Waals surface area (Å²) in [6, 6.07) is 20.3. The molecular formula is C29H34ClN3O5S. The van der Waals surface area contributed by atoms with E-state index in [0.717, 1.165) is 10.7 Å². The Labute approximate surface area is 235 Å². The highest BCUT2D eigenvalue weighted by Gasteiger charge is 2.33. The first-order valence-corrected chi connectivity index (χ1v) is 14.4. The van der Waals surface area contributed by atoms with Crippen molar-refractivity contribution < 1.29 is 22.7 Å². The molecule has 0 aliphatic heterocycles. The summed E-state index contributed by atoms with van der Waals surface area (Å²) in [4.78, 5) is 28.4. The van der Waals surface area contributed by atoms with Crippen LogP contribution in [-0.4, -0.2) is 50.9 Å². The molecule has 0 bridgehead atoms. The molecule has 3 rings (SSSR count). The van der Waals surface area contributed by atoms with E-state index in [9.17, 15) is 18.0 Å². The Kier molecular flexibility index (Phi) is 10.4. The fraction of sp³-hybridized carbons (Fsp3) is 0.310. The molecule has 8 nitrogen and oxygen atoms in total. The fourth-order valence-electron chi connectivity index (χ4n) is 3.86. The van der Waals surface area contributed by atoms with Gasteiger partial charge in [0.2, 0.25) is 11.8 Å². The monoisotopic (exact) mass is 571 g/mol. The number of amides is 2. The van der Waals surface area contributed by atoms with Crippen LogP contribution in [0.1, 0.15) is 32.8 Å². The van der Waals surface area contributed by atoms with Crippen LogP contribution in [0.25, 0.3) is 0 Å². The Morgan fingerprint density at radius 2 is 1.56 bits per heavy atom. The van der Waals surface area contributed by atoms with Crippen LogP contribution in [0.2, 0.25) is 5.02 Å². The second-order valence-electron chi connectivity index (χ2n) is 9.13. The molecule has 0 aromatic heterocycles. The van der Waals surface area contributed by atoms with Crippen LogP contribution in [0.3, 0.4) is 0 Å². The van der Waals surface area contributed by atoms with E-state index in [2.05, 4.69) is 5.32 Å². The lowest BCUT2D eigenvalue weighted by Crippen LogP contribution is -2.52. The third-order valence-electron chi connectivity index (χ3n) is 6.44. The molecule has 0 saturated carbocycles. The average molecular weight is 572 g/mol. The van der Waals surface area contributed by atoms with Gasteiger partial charge in [0, 0.05) is 17.6 Å². The number of halogens is 1. The predicted molar refractivity (Wildman–Crippen MR) is 153 cm³/mol. The summed E-state index contributed by atoms with van der Waals surface area (Å²) in [5.74, 6) is -0.360. The molecule has 0 spiro atoms. The first-order chi connectivity index (χ1) is 18.6. The molecule has 0 aliphatic carbocycles. The highest BCUT2D eigenvalue weighted by atomic mass is 35.5. The fourth-order valence-corrected chi connectivity index (χ4v) is 5.49. The number of carbonyl (C=O) groups is 2. The molecule has 39 heavy (non-hydrogen) atoms. The predicted octanol–water partition coefficient (Wildman–Crippen LogP) is 4.88. The van der Waals surface area contributed by atoms with E-state index >= 15 is 0 Å². The normalized spacial score (nSPS) is 12.7. The Hall–Kier alpha value is -3.56. The molecule has 2 amide bonds. The third kappa shape index (κ3) is 7.52. The van der Waals surface area contributed by atoms with E-state index in [-0.39, 0.29) is 29.1 Å². The number of anilines is 1. The van der Waals surface area contributed by atoms with Crippen LogP contribution >= 0.6 is 11.6 Å². The smallest absolute Gasteiger partial charge is 0.264 e. The summed E-state index contributed by atoms with van der Waals surface area (Å²) in [6.45, 7) is 4.94. The number of ether oxygens (including phenoxy) is 1. The molecule has 0 fully saturated rings. The zero-order valence-corrected chi connectivity index (χ0v) is 24.1. The van der Waals surface area contributed by atoms with Crippen LogP contribution in [0.5, 0.6) is 5.75 Å². The van der Waals surface area contributed by atoms with Crippen molar-refractivity contribution in [2.24, 2.45) is 0 Å². The molecule has 2 atom stereocenters. The van der Waals surface area contributed by atoms with Crippen molar-refractivity contribution in [3.05, 3.63) is 89.4 Å². The largest absolute Gasteiger partial charge is 0.497 e. The van der Waals surface area contributed by atoms with Crippen molar-refractivity contribution in [3.63, 3.8) is 0 Å². The quantitative estimate of drug-likeness (QED) is 0.334. The molecule has 3 aromatic rings. The van der Waals surface area contributed by atoms with Crippen LogP contribution in [0.15, 0.2) is 83.8 Å². The Balaban J connectivity index is 2.02. The van der Waals surface area contributed by atoms with E-state index in [1.165, 1.54) is 24.1 Å². The van der Waals surface area contributed by atoms with Crippen molar-refractivity contribution >= 4 is 39.1 Å². The number of nitrogens with zero attached hydrogens (tertiary/aromatic N) is 2. The second kappa shape index (κ2) is 13.5. The van der Waals surface area contributed by atoms with Gasteiger partial charge in [0.25, 0.3) is 10.0 Å².